The van der Waals surface area contributed by atoms with Crippen molar-refractivity contribution in [3.8, 4) is 17.1 Å². The average Bonchev–Trinajstić information content (AvgIpc) is 3.25. The van der Waals surface area contributed by atoms with E-state index in [0.29, 0.717) is 38.1 Å². The summed E-state index contributed by atoms with van der Waals surface area (Å²) in [6, 6.07) is 4.03. The summed E-state index contributed by atoms with van der Waals surface area (Å²) < 4.78 is 27.4. The van der Waals surface area contributed by atoms with E-state index in [-0.39, 0.29) is 35.6 Å². The number of nitrogens with one attached hydrogen (secondary N) is 1. The van der Waals surface area contributed by atoms with E-state index in [1.165, 1.54) is 17.9 Å². The van der Waals surface area contributed by atoms with Crippen LogP contribution in [0.5, 0.6) is 5.88 Å². The van der Waals surface area contributed by atoms with Gasteiger partial charge in [-0.2, -0.15) is 5.10 Å². The number of Topliss-reactive ketones (excluding diaryl/α,β-unsaturated/α-hetero) is 1. The number of carboxylic acids is 1. The third-order valence-corrected chi connectivity index (χ3v) is 9.05. The third-order valence-electron chi connectivity index (χ3n) is 7.35. The minimum Gasteiger partial charge on any atom is -0.481 e. The minimum absolute atomic E-state index is 0.0757. The molecule has 0 amide bonds. The Kier molecular flexibility index (Phi) is 7.63. The van der Waals surface area contributed by atoms with E-state index in [1.54, 1.807) is 6.07 Å². The van der Waals surface area contributed by atoms with E-state index in [4.69, 9.17) is 9.47 Å². The van der Waals surface area contributed by atoms with Gasteiger partial charge in [0.1, 0.15) is 12.4 Å². The molecule has 1 aliphatic heterocycles. The molecule has 2 aromatic rings. The summed E-state index contributed by atoms with van der Waals surface area (Å²) in [6.07, 6.45) is 3.45. The molecule has 3 atom stereocenters. The molecule has 2 fully saturated rings. The monoisotopic (exact) mass is 518 g/mol. The van der Waals surface area contributed by atoms with E-state index in [0.717, 1.165) is 18.7 Å². The van der Waals surface area contributed by atoms with E-state index in [9.17, 15) is 19.1 Å². The number of carbonyl (C=O) groups is 2. The quantitative estimate of drug-likeness (QED) is 0.277. The van der Waals surface area contributed by atoms with Crippen LogP contribution in [0.3, 0.4) is 0 Å². The number of nitrogens with zero attached hydrogens (tertiary/aromatic N) is 3. The molecule has 2 N–H and O–H groups in total. The smallest absolute Gasteiger partial charge is 0.306 e. The largest absolute Gasteiger partial charge is 0.481 e. The van der Waals surface area contributed by atoms with Gasteiger partial charge in [0, 0.05) is 37.8 Å². The Hall–Kier alpha value is -2.63. The number of hydrogen-bond donors (Lipinski definition) is 2. The molecule has 0 radical (unpaired) electrons. The van der Waals surface area contributed by atoms with E-state index in [2.05, 4.69) is 35.0 Å². The van der Waals surface area contributed by atoms with Gasteiger partial charge < -0.3 is 19.9 Å². The van der Waals surface area contributed by atoms with Crippen molar-refractivity contribution < 1.29 is 28.6 Å². The molecule has 3 heterocycles. The van der Waals surface area contributed by atoms with Gasteiger partial charge in [0.05, 0.1) is 24.9 Å². The number of carbonyl (C=O) groups excluding carboxylic acids is 1. The molecule has 1 aliphatic carbocycles. The lowest BCUT2D eigenvalue weighted by atomic mass is 9.59. The predicted octanol–water partition coefficient (Wildman–Crippen LogP) is 3.82. The molecule has 11 heteroatoms. The molecule has 9 nitrogen and oxygen atoms in total. The van der Waals surface area contributed by atoms with Gasteiger partial charge in [0.25, 0.3) is 0 Å². The Bertz CT molecular complexity index is 1130. The normalized spacial score (nSPS) is 23.9. The number of rotatable bonds is 10. The van der Waals surface area contributed by atoms with Crippen molar-refractivity contribution in [3.05, 3.63) is 29.8 Å². The summed E-state index contributed by atoms with van der Waals surface area (Å²) >= 11 is 0. The van der Waals surface area contributed by atoms with Crippen LogP contribution in [0.15, 0.2) is 18.3 Å². The SMILES string of the molecule is COc1cc(-c2cc(C(=O)C3CCC34CC(C(=O)O)CCN4)nn2COCC[Si](C)(C)C)c(F)cn1. The van der Waals surface area contributed by atoms with Crippen molar-refractivity contribution in [2.45, 2.75) is 63.6 Å². The summed E-state index contributed by atoms with van der Waals surface area (Å²) in [5.74, 6) is -2.14. The maximum absolute atomic E-state index is 14.8. The van der Waals surface area contributed by atoms with Gasteiger partial charge >= 0.3 is 5.97 Å². The van der Waals surface area contributed by atoms with Crippen LogP contribution in [-0.2, 0) is 16.3 Å². The second-order valence-electron chi connectivity index (χ2n) is 11.0. The number of halogens is 1. The molecular weight excluding hydrogens is 483 g/mol. The number of hydrogen-bond acceptors (Lipinski definition) is 7. The van der Waals surface area contributed by atoms with Crippen molar-refractivity contribution in [3.63, 3.8) is 0 Å². The molecular formula is C25H35FN4O5Si. The molecule has 1 spiro atoms. The van der Waals surface area contributed by atoms with Crippen LogP contribution in [0.4, 0.5) is 4.39 Å². The first kappa shape index (κ1) is 26.4. The fourth-order valence-corrected chi connectivity index (χ4v) is 5.84. The first-order chi connectivity index (χ1) is 17.0. The molecule has 36 heavy (non-hydrogen) atoms. The first-order valence-electron chi connectivity index (χ1n) is 12.4. The van der Waals surface area contributed by atoms with Gasteiger partial charge in [-0.15, -0.1) is 0 Å². The van der Waals surface area contributed by atoms with Crippen LogP contribution in [0, 0.1) is 17.7 Å². The second kappa shape index (κ2) is 10.4. The molecule has 196 valence electrons. The zero-order chi connectivity index (χ0) is 26.1. The van der Waals surface area contributed by atoms with Gasteiger partial charge in [-0.05, 0) is 44.3 Å². The predicted molar refractivity (Wildman–Crippen MR) is 134 cm³/mol. The summed E-state index contributed by atoms with van der Waals surface area (Å²) in [5.41, 5.74) is 0.309. The number of ketones is 1. The van der Waals surface area contributed by atoms with Gasteiger partial charge in [-0.25, -0.2) is 14.1 Å². The van der Waals surface area contributed by atoms with Crippen LogP contribution in [0.2, 0.25) is 25.7 Å². The lowest BCUT2D eigenvalue weighted by molar-refractivity contribution is -0.144. The van der Waals surface area contributed by atoms with Crippen LogP contribution in [0.1, 0.15) is 36.2 Å². The number of carboxylic acid groups (broad SMARTS) is 1. The van der Waals surface area contributed by atoms with E-state index < -0.39 is 31.3 Å². The van der Waals surface area contributed by atoms with Crippen molar-refractivity contribution in [2.24, 2.45) is 11.8 Å². The van der Waals surface area contributed by atoms with Crippen molar-refractivity contribution in [2.75, 3.05) is 20.3 Å². The Morgan fingerprint density at radius 3 is 2.72 bits per heavy atom. The van der Waals surface area contributed by atoms with Gasteiger partial charge in [-0.1, -0.05) is 19.6 Å². The minimum atomic E-state index is -1.30. The summed E-state index contributed by atoms with van der Waals surface area (Å²) in [7, 11) is 0.154. The Morgan fingerprint density at radius 1 is 1.31 bits per heavy atom. The van der Waals surface area contributed by atoms with Crippen LogP contribution < -0.4 is 10.1 Å². The zero-order valence-corrected chi connectivity index (χ0v) is 22.3. The molecule has 3 unspecified atom stereocenters. The molecule has 0 aromatic carbocycles. The van der Waals surface area contributed by atoms with Gasteiger partial charge in [-0.3, -0.25) is 9.59 Å². The van der Waals surface area contributed by atoms with Crippen LogP contribution >= 0.6 is 0 Å². The van der Waals surface area contributed by atoms with E-state index >= 15 is 0 Å². The zero-order valence-electron chi connectivity index (χ0n) is 21.3. The van der Waals surface area contributed by atoms with Gasteiger partial charge in [0.15, 0.2) is 11.6 Å². The van der Waals surface area contributed by atoms with Crippen LogP contribution in [-0.4, -0.2) is 65.5 Å². The summed E-state index contributed by atoms with van der Waals surface area (Å²) in [5, 5.41) is 17.5. The number of ether oxygens (including phenoxy) is 2. The number of methoxy groups -OCH3 is 1. The first-order valence-corrected chi connectivity index (χ1v) is 16.1. The number of piperidine rings is 1. The van der Waals surface area contributed by atoms with Crippen molar-refractivity contribution in [1.82, 2.24) is 20.1 Å². The average molecular weight is 519 g/mol. The molecule has 0 bridgehead atoms. The highest BCUT2D eigenvalue weighted by Crippen LogP contribution is 2.47. The molecule has 2 aliphatic rings. The van der Waals surface area contributed by atoms with Crippen LogP contribution in [0.25, 0.3) is 11.3 Å². The lowest BCUT2D eigenvalue weighted by Crippen LogP contribution is -2.64. The highest BCUT2D eigenvalue weighted by Gasteiger charge is 2.53. The highest BCUT2D eigenvalue weighted by atomic mass is 28.3. The topological polar surface area (TPSA) is 116 Å². The highest BCUT2D eigenvalue weighted by molar-refractivity contribution is 6.76. The maximum Gasteiger partial charge on any atom is 0.306 e. The van der Waals surface area contributed by atoms with Crippen molar-refractivity contribution >= 4 is 19.8 Å². The number of aromatic nitrogens is 3. The molecule has 4 rings (SSSR count). The van der Waals surface area contributed by atoms with Gasteiger partial charge in [0.2, 0.25) is 5.88 Å². The standard InChI is InChI=1S/C25H35FN4O5Si/c1-34-22-11-17(19(26)14-27-22)21-12-20(29-30(21)15-35-9-10-36(2,3)4)23(31)18-5-7-25(18)13-16(24(32)33)6-8-28-25/h11-12,14,16,18,28H,5-10,13,15H2,1-4H3,(H,32,33). The van der Waals surface area contributed by atoms with Crippen molar-refractivity contribution in [1.29, 1.82) is 0 Å². The fraction of sp³-hybridized carbons (Fsp3) is 0.600. The number of aliphatic carboxylic acids is 1. The third kappa shape index (κ3) is 5.52. The fourth-order valence-electron chi connectivity index (χ4n) is 5.08. The number of pyridine rings is 1. The van der Waals surface area contributed by atoms with E-state index in [1.807, 2.05) is 0 Å². The Labute approximate surface area is 211 Å². The Morgan fingerprint density at radius 2 is 2.08 bits per heavy atom. The Balaban J connectivity index is 1.61. The summed E-state index contributed by atoms with van der Waals surface area (Å²) in [6.45, 7) is 7.96. The molecule has 1 saturated carbocycles. The summed E-state index contributed by atoms with van der Waals surface area (Å²) in [4.78, 5) is 29.1. The molecule has 1 saturated heterocycles. The molecule has 2 aromatic heterocycles. The second-order valence-corrected chi connectivity index (χ2v) is 16.7. The lowest BCUT2D eigenvalue weighted by Gasteiger charge is -2.52. The maximum atomic E-state index is 14.8.